The molecule has 0 atom stereocenters. The van der Waals surface area contributed by atoms with E-state index in [1.807, 2.05) is 53.4 Å². The second kappa shape index (κ2) is 7.76. The van der Waals surface area contributed by atoms with Crippen molar-refractivity contribution in [2.75, 3.05) is 19.7 Å². The van der Waals surface area contributed by atoms with Crippen LogP contribution in [0.25, 0.3) is 10.9 Å². The lowest BCUT2D eigenvalue weighted by Crippen LogP contribution is -2.38. The summed E-state index contributed by atoms with van der Waals surface area (Å²) in [5, 5.41) is 9.79. The summed E-state index contributed by atoms with van der Waals surface area (Å²) in [6.45, 7) is 1.04. The van der Waals surface area contributed by atoms with Gasteiger partial charge in [0, 0.05) is 24.0 Å². The Balaban J connectivity index is 1.39. The second-order valence-corrected chi connectivity index (χ2v) is 7.09. The number of H-pyrrole nitrogens is 1. The summed E-state index contributed by atoms with van der Waals surface area (Å²) in [6.07, 6.45) is 1.74. The summed E-state index contributed by atoms with van der Waals surface area (Å²) >= 11 is 0. The van der Waals surface area contributed by atoms with Gasteiger partial charge < -0.3 is 19.7 Å². The molecule has 1 aromatic heterocycles. The number of piperidine rings is 1. The van der Waals surface area contributed by atoms with E-state index in [1.165, 1.54) is 0 Å². The molecule has 6 nitrogen and oxygen atoms in total. The van der Waals surface area contributed by atoms with Crippen LogP contribution in [0.4, 0.5) is 0 Å². The molecule has 1 saturated heterocycles. The molecule has 1 fully saturated rings. The van der Waals surface area contributed by atoms with Crippen LogP contribution in [0, 0.1) is 0 Å². The molecule has 0 radical (unpaired) electrons. The molecule has 2 aromatic carbocycles. The van der Waals surface area contributed by atoms with Crippen molar-refractivity contribution in [3.8, 4) is 5.75 Å². The third-order valence-electron chi connectivity index (χ3n) is 5.23. The van der Waals surface area contributed by atoms with Crippen molar-refractivity contribution in [2.45, 2.75) is 18.8 Å². The summed E-state index contributed by atoms with van der Waals surface area (Å²) in [5.74, 6) is -0.0565. The topological polar surface area (TPSA) is 82.6 Å². The number of aromatic amines is 1. The van der Waals surface area contributed by atoms with Crippen molar-refractivity contribution in [3.05, 3.63) is 65.9 Å². The van der Waals surface area contributed by atoms with E-state index in [2.05, 4.69) is 4.98 Å². The predicted octanol–water partition coefficient (Wildman–Crippen LogP) is 3.65. The molecular formula is C22H22N2O4. The van der Waals surface area contributed by atoms with Crippen LogP contribution in [-0.4, -0.2) is 46.6 Å². The first kappa shape index (κ1) is 18.1. The van der Waals surface area contributed by atoms with Gasteiger partial charge in [-0.05, 0) is 48.6 Å². The fourth-order valence-electron chi connectivity index (χ4n) is 3.78. The van der Waals surface area contributed by atoms with Crippen LogP contribution in [0.1, 0.15) is 34.8 Å². The van der Waals surface area contributed by atoms with Crippen molar-refractivity contribution in [1.29, 1.82) is 0 Å². The first-order valence-electron chi connectivity index (χ1n) is 9.42. The number of benzene rings is 2. The molecule has 3 aromatic rings. The zero-order chi connectivity index (χ0) is 19.5. The van der Waals surface area contributed by atoms with E-state index in [1.54, 1.807) is 6.07 Å². The fraction of sp³-hybridized carbons (Fsp3) is 0.273. The molecule has 6 heteroatoms. The lowest BCUT2D eigenvalue weighted by atomic mass is 9.89. The van der Waals surface area contributed by atoms with Crippen molar-refractivity contribution in [2.24, 2.45) is 0 Å². The maximum atomic E-state index is 12.8. The number of hydrogen-bond donors (Lipinski definition) is 2. The summed E-state index contributed by atoms with van der Waals surface area (Å²) in [5.41, 5.74) is 2.73. The molecule has 28 heavy (non-hydrogen) atoms. The Hall–Kier alpha value is -3.28. The van der Waals surface area contributed by atoms with Gasteiger partial charge in [0.15, 0.2) is 6.61 Å². The first-order valence-corrected chi connectivity index (χ1v) is 9.42. The standard InChI is InChI=1S/C22H22N2O4/c25-21(26)14-28-18-6-3-5-16(12-18)15-8-10-24(11-9-15)22(27)20-13-17-4-1-2-7-19(17)23-20/h1-7,12-13,15,23H,8-11,14H2,(H,25,26). The minimum atomic E-state index is -0.991. The van der Waals surface area contributed by atoms with Gasteiger partial charge >= 0.3 is 5.97 Å². The van der Waals surface area contributed by atoms with Crippen LogP contribution in [0.5, 0.6) is 5.75 Å². The van der Waals surface area contributed by atoms with Gasteiger partial charge in [-0.15, -0.1) is 0 Å². The van der Waals surface area contributed by atoms with Crippen LogP contribution in [-0.2, 0) is 4.79 Å². The summed E-state index contributed by atoms with van der Waals surface area (Å²) < 4.78 is 5.28. The van der Waals surface area contributed by atoms with E-state index in [4.69, 9.17) is 9.84 Å². The summed E-state index contributed by atoms with van der Waals surface area (Å²) in [7, 11) is 0. The predicted molar refractivity (Wildman–Crippen MR) is 106 cm³/mol. The number of ether oxygens (including phenoxy) is 1. The molecular weight excluding hydrogens is 356 g/mol. The van der Waals surface area contributed by atoms with E-state index in [0.29, 0.717) is 30.5 Å². The summed E-state index contributed by atoms with van der Waals surface area (Å²) in [4.78, 5) is 28.6. The monoisotopic (exact) mass is 378 g/mol. The average molecular weight is 378 g/mol. The highest BCUT2D eigenvalue weighted by molar-refractivity contribution is 5.98. The number of carboxylic acid groups (broad SMARTS) is 1. The van der Waals surface area contributed by atoms with Crippen molar-refractivity contribution in [1.82, 2.24) is 9.88 Å². The number of rotatable bonds is 5. The van der Waals surface area contributed by atoms with Gasteiger partial charge in [0.1, 0.15) is 11.4 Å². The average Bonchev–Trinajstić information content (AvgIpc) is 3.16. The third-order valence-corrected chi connectivity index (χ3v) is 5.23. The Morgan fingerprint density at radius 3 is 2.61 bits per heavy atom. The Kier molecular flexibility index (Phi) is 5.02. The largest absolute Gasteiger partial charge is 0.482 e. The van der Waals surface area contributed by atoms with Gasteiger partial charge in [0.25, 0.3) is 5.91 Å². The maximum Gasteiger partial charge on any atom is 0.341 e. The van der Waals surface area contributed by atoms with Crippen LogP contribution in [0.3, 0.4) is 0 Å². The molecule has 0 spiro atoms. The lowest BCUT2D eigenvalue weighted by molar-refractivity contribution is -0.139. The quantitative estimate of drug-likeness (QED) is 0.710. The van der Waals surface area contributed by atoms with E-state index >= 15 is 0 Å². The Morgan fingerprint density at radius 2 is 1.86 bits per heavy atom. The number of carbonyl (C=O) groups excluding carboxylic acids is 1. The third kappa shape index (κ3) is 3.86. The number of hydrogen-bond acceptors (Lipinski definition) is 3. The molecule has 2 N–H and O–H groups in total. The highest BCUT2D eigenvalue weighted by atomic mass is 16.5. The molecule has 0 bridgehead atoms. The van der Waals surface area contributed by atoms with Gasteiger partial charge in [-0.2, -0.15) is 0 Å². The van der Waals surface area contributed by atoms with Crippen LogP contribution in [0.2, 0.25) is 0 Å². The smallest absolute Gasteiger partial charge is 0.341 e. The van der Waals surface area contributed by atoms with Crippen molar-refractivity contribution >= 4 is 22.8 Å². The molecule has 4 rings (SSSR count). The van der Waals surface area contributed by atoms with Gasteiger partial charge in [-0.3, -0.25) is 4.79 Å². The Bertz CT molecular complexity index is 969. The lowest BCUT2D eigenvalue weighted by Gasteiger charge is -2.32. The number of fused-ring (bicyclic) bond motifs is 1. The zero-order valence-corrected chi connectivity index (χ0v) is 15.4. The van der Waals surface area contributed by atoms with Crippen LogP contribution < -0.4 is 4.74 Å². The van der Waals surface area contributed by atoms with Gasteiger partial charge in [0.05, 0.1) is 0 Å². The maximum absolute atomic E-state index is 12.8. The Morgan fingerprint density at radius 1 is 1.07 bits per heavy atom. The summed E-state index contributed by atoms with van der Waals surface area (Å²) in [6, 6.07) is 17.4. The van der Waals surface area contributed by atoms with E-state index in [9.17, 15) is 9.59 Å². The highest BCUT2D eigenvalue weighted by Gasteiger charge is 2.25. The number of carboxylic acids is 1. The SMILES string of the molecule is O=C(O)COc1cccc(C2CCN(C(=O)c3cc4ccccc4[nH]3)CC2)c1. The van der Waals surface area contributed by atoms with E-state index in [0.717, 1.165) is 29.3 Å². The number of amides is 1. The number of nitrogens with zero attached hydrogens (tertiary/aromatic N) is 1. The number of para-hydroxylation sites is 1. The number of aliphatic carboxylic acids is 1. The van der Waals surface area contributed by atoms with E-state index < -0.39 is 5.97 Å². The molecule has 0 unspecified atom stereocenters. The fourth-order valence-corrected chi connectivity index (χ4v) is 3.78. The molecule has 1 aliphatic heterocycles. The van der Waals surface area contributed by atoms with Crippen LogP contribution in [0.15, 0.2) is 54.6 Å². The van der Waals surface area contributed by atoms with Crippen molar-refractivity contribution in [3.63, 3.8) is 0 Å². The zero-order valence-electron chi connectivity index (χ0n) is 15.4. The second-order valence-electron chi connectivity index (χ2n) is 7.09. The molecule has 1 aliphatic rings. The number of likely N-dealkylation sites (tertiary alicyclic amines) is 1. The number of carbonyl (C=O) groups is 2. The number of nitrogens with one attached hydrogen (secondary N) is 1. The molecule has 0 saturated carbocycles. The van der Waals surface area contributed by atoms with Crippen molar-refractivity contribution < 1.29 is 19.4 Å². The molecule has 0 aliphatic carbocycles. The molecule has 1 amide bonds. The highest BCUT2D eigenvalue weighted by Crippen LogP contribution is 2.31. The normalized spacial score (nSPS) is 14.9. The van der Waals surface area contributed by atoms with Gasteiger partial charge in [0.2, 0.25) is 0 Å². The van der Waals surface area contributed by atoms with Gasteiger partial charge in [-0.25, -0.2) is 4.79 Å². The van der Waals surface area contributed by atoms with E-state index in [-0.39, 0.29) is 12.5 Å². The first-order chi connectivity index (χ1) is 13.6. The number of aromatic nitrogens is 1. The minimum Gasteiger partial charge on any atom is -0.482 e. The minimum absolute atomic E-state index is 0.0354. The molecule has 144 valence electrons. The van der Waals surface area contributed by atoms with Crippen LogP contribution >= 0.6 is 0 Å². The molecule has 2 heterocycles. The Labute approximate surface area is 162 Å². The van der Waals surface area contributed by atoms with Gasteiger partial charge in [-0.1, -0.05) is 30.3 Å².